The van der Waals surface area contributed by atoms with Gasteiger partial charge in [0, 0.05) is 26.2 Å². The van der Waals surface area contributed by atoms with Gasteiger partial charge in [0.1, 0.15) is 6.04 Å². The Bertz CT molecular complexity index is 863. The molecular weight excluding hydrogens is 380 g/mol. The molecule has 1 aromatic carbocycles. The van der Waals surface area contributed by atoms with Gasteiger partial charge in [-0.15, -0.1) is 0 Å². The standard InChI is InChI=1S/C19H28N4O4S/c1-4-5-16-18(24)23(19(25)20-16)13-21-8-10-22(11-9-21)28(26,27)17-7-6-14(2)12-15(17)3/h6-7,12,16H,4-5,8-11,13H2,1-3H3,(H,20,25)/t16-/m0/s1. The molecule has 0 spiro atoms. The fourth-order valence-electron chi connectivity index (χ4n) is 3.73. The minimum absolute atomic E-state index is 0.197. The molecule has 2 heterocycles. The average molecular weight is 409 g/mol. The Balaban J connectivity index is 1.61. The molecule has 28 heavy (non-hydrogen) atoms. The second-order valence-corrected chi connectivity index (χ2v) is 9.40. The Hall–Kier alpha value is -1.97. The highest BCUT2D eigenvalue weighted by Gasteiger charge is 2.39. The van der Waals surface area contributed by atoms with E-state index >= 15 is 0 Å². The van der Waals surface area contributed by atoms with E-state index in [0.29, 0.717) is 37.5 Å². The highest BCUT2D eigenvalue weighted by molar-refractivity contribution is 7.89. The Morgan fingerprint density at radius 2 is 1.79 bits per heavy atom. The van der Waals surface area contributed by atoms with E-state index in [4.69, 9.17) is 0 Å². The van der Waals surface area contributed by atoms with Crippen LogP contribution in [0.4, 0.5) is 4.79 Å². The van der Waals surface area contributed by atoms with Crippen LogP contribution in [0.5, 0.6) is 0 Å². The fourth-order valence-corrected chi connectivity index (χ4v) is 5.36. The lowest BCUT2D eigenvalue weighted by atomic mass is 10.2. The smallest absolute Gasteiger partial charge is 0.325 e. The SMILES string of the molecule is CCC[C@@H]1NC(=O)N(CN2CCN(S(=O)(=O)c3ccc(C)cc3C)CC2)C1=O. The van der Waals surface area contributed by atoms with Crippen LogP contribution in [0.1, 0.15) is 30.9 Å². The van der Waals surface area contributed by atoms with Gasteiger partial charge in [-0.3, -0.25) is 9.69 Å². The maximum atomic E-state index is 13.0. The molecule has 2 aliphatic rings. The van der Waals surface area contributed by atoms with Crippen molar-refractivity contribution in [2.75, 3.05) is 32.8 Å². The highest BCUT2D eigenvalue weighted by atomic mass is 32.2. The molecule has 9 heteroatoms. The molecule has 1 atom stereocenters. The van der Waals surface area contributed by atoms with Crippen LogP contribution in [0.3, 0.4) is 0 Å². The molecule has 2 saturated heterocycles. The van der Waals surface area contributed by atoms with E-state index in [1.165, 1.54) is 9.21 Å². The van der Waals surface area contributed by atoms with Crippen LogP contribution in [0, 0.1) is 13.8 Å². The molecule has 0 unspecified atom stereocenters. The molecule has 8 nitrogen and oxygen atoms in total. The molecule has 2 fully saturated rings. The molecule has 0 aliphatic carbocycles. The molecule has 1 N–H and O–H groups in total. The summed E-state index contributed by atoms with van der Waals surface area (Å²) in [4.78, 5) is 28.0. The van der Waals surface area contributed by atoms with Crippen LogP contribution in [-0.4, -0.2) is 73.4 Å². The van der Waals surface area contributed by atoms with Gasteiger partial charge in [0.2, 0.25) is 10.0 Å². The third-order valence-corrected chi connectivity index (χ3v) is 7.36. The lowest BCUT2D eigenvalue weighted by Gasteiger charge is -2.35. The first-order valence-electron chi connectivity index (χ1n) is 9.65. The molecule has 3 amide bonds. The molecule has 0 aromatic heterocycles. The lowest BCUT2D eigenvalue weighted by molar-refractivity contribution is -0.129. The van der Waals surface area contributed by atoms with Crippen LogP contribution in [-0.2, 0) is 14.8 Å². The molecule has 0 saturated carbocycles. The van der Waals surface area contributed by atoms with Gasteiger partial charge in [-0.1, -0.05) is 31.0 Å². The number of carbonyl (C=O) groups excluding carboxylic acids is 2. The van der Waals surface area contributed by atoms with Crippen LogP contribution in [0.25, 0.3) is 0 Å². The van der Waals surface area contributed by atoms with E-state index in [-0.39, 0.29) is 18.6 Å². The number of amides is 3. The van der Waals surface area contributed by atoms with E-state index < -0.39 is 16.1 Å². The summed E-state index contributed by atoms with van der Waals surface area (Å²) in [5.41, 5.74) is 1.76. The van der Waals surface area contributed by atoms with E-state index in [0.717, 1.165) is 17.5 Å². The highest BCUT2D eigenvalue weighted by Crippen LogP contribution is 2.22. The van der Waals surface area contributed by atoms with E-state index in [9.17, 15) is 18.0 Å². The number of hydrogen-bond donors (Lipinski definition) is 1. The van der Waals surface area contributed by atoms with Crippen LogP contribution >= 0.6 is 0 Å². The first-order chi connectivity index (χ1) is 13.2. The first kappa shape index (κ1) is 20.8. The Labute approximate surface area is 166 Å². The Morgan fingerprint density at radius 1 is 1.11 bits per heavy atom. The van der Waals surface area contributed by atoms with Gasteiger partial charge >= 0.3 is 6.03 Å². The van der Waals surface area contributed by atoms with Crippen molar-refractivity contribution in [1.82, 2.24) is 19.4 Å². The predicted molar refractivity (Wildman–Crippen MR) is 105 cm³/mol. The van der Waals surface area contributed by atoms with E-state index in [1.54, 1.807) is 19.1 Å². The summed E-state index contributed by atoms with van der Waals surface area (Å²) in [6.07, 6.45) is 1.45. The van der Waals surface area contributed by atoms with Crippen molar-refractivity contribution < 1.29 is 18.0 Å². The minimum atomic E-state index is -3.55. The van der Waals surface area contributed by atoms with Crippen LogP contribution in [0.15, 0.2) is 23.1 Å². The topological polar surface area (TPSA) is 90.0 Å². The number of piperazine rings is 1. The maximum Gasteiger partial charge on any atom is 0.325 e. The lowest BCUT2D eigenvalue weighted by Crippen LogP contribution is -2.52. The number of aryl methyl sites for hydroxylation is 2. The van der Waals surface area contributed by atoms with Crippen molar-refractivity contribution in [2.45, 2.75) is 44.6 Å². The zero-order valence-corrected chi connectivity index (χ0v) is 17.5. The molecule has 1 aromatic rings. The zero-order chi connectivity index (χ0) is 20.5. The predicted octanol–water partition coefficient (Wildman–Crippen LogP) is 1.29. The van der Waals surface area contributed by atoms with Crippen molar-refractivity contribution in [1.29, 1.82) is 0 Å². The third-order valence-electron chi connectivity index (χ3n) is 5.31. The van der Waals surface area contributed by atoms with Crippen LogP contribution in [0.2, 0.25) is 0 Å². The number of sulfonamides is 1. The number of nitrogens with one attached hydrogen (secondary N) is 1. The quantitative estimate of drug-likeness (QED) is 0.717. The summed E-state index contributed by atoms with van der Waals surface area (Å²) >= 11 is 0. The monoisotopic (exact) mass is 408 g/mol. The van der Waals surface area contributed by atoms with Crippen molar-refractivity contribution in [3.8, 4) is 0 Å². The summed E-state index contributed by atoms with van der Waals surface area (Å²) < 4.78 is 27.4. The van der Waals surface area contributed by atoms with Gasteiger partial charge in [0.25, 0.3) is 5.91 Å². The number of carbonyl (C=O) groups is 2. The molecule has 2 aliphatic heterocycles. The average Bonchev–Trinajstić information content (AvgIpc) is 2.90. The van der Waals surface area contributed by atoms with Gasteiger partial charge < -0.3 is 5.32 Å². The number of benzene rings is 1. The molecule has 3 rings (SSSR count). The third kappa shape index (κ3) is 4.06. The summed E-state index contributed by atoms with van der Waals surface area (Å²) in [6.45, 7) is 7.51. The second kappa shape index (κ2) is 8.18. The van der Waals surface area contributed by atoms with E-state index in [2.05, 4.69) is 5.32 Å². The summed E-state index contributed by atoms with van der Waals surface area (Å²) in [5, 5.41) is 2.71. The molecular formula is C19H28N4O4S. The molecule has 0 bridgehead atoms. The number of urea groups is 1. The van der Waals surface area contributed by atoms with Crippen molar-refractivity contribution in [3.05, 3.63) is 29.3 Å². The number of nitrogens with zero attached hydrogens (tertiary/aromatic N) is 3. The first-order valence-corrected chi connectivity index (χ1v) is 11.1. The van der Waals surface area contributed by atoms with Gasteiger partial charge in [-0.05, 0) is 31.9 Å². The van der Waals surface area contributed by atoms with Crippen molar-refractivity contribution in [2.24, 2.45) is 0 Å². The number of hydrogen-bond acceptors (Lipinski definition) is 5. The summed E-state index contributed by atoms with van der Waals surface area (Å²) in [7, 11) is -3.55. The van der Waals surface area contributed by atoms with Gasteiger partial charge in [0.05, 0.1) is 11.6 Å². The Morgan fingerprint density at radius 3 is 2.39 bits per heavy atom. The van der Waals surface area contributed by atoms with Crippen molar-refractivity contribution >= 4 is 22.0 Å². The van der Waals surface area contributed by atoms with Crippen molar-refractivity contribution in [3.63, 3.8) is 0 Å². The number of imide groups is 1. The number of rotatable bonds is 6. The largest absolute Gasteiger partial charge is 0.326 e. The van der Waals surface area contributed by atoms with Crippen LogP contribution < -0.4 is 5.32 Å². The maximum absolute atomic E-state index is 13.0. The summed E-state index contributed by atoms with van der Waals surface area (Å²) in [6, 6.07) is 4.53. The van der Waals surface area contributed by atoms with Gasteiger partial charge in [-0.2, -0.15) is 4.31 Å². The zero-order valence-electron chi connectivity index (χ0n) is 16.6. The fraction of sp³-hybridized carbons (Fsp3) is 0.579. The normalized spacial score (nSPS) is 22.0. The molecule has 0 radical (unpaired) electrons. The van der Waals surface area contributed by atoms with Gasteiger partial charge in [-0.25, -0.2) is 18.1 Å². The second-order valence-electron chi connectivity index (χ2n) is 7.49. The van der Waals surface area contributed by atoms with E-state index in [1.807, 2.05) is 24.8 Å². The molecule has 154 valence electrons. The Kier molecular flexibility index (Phi) is 6.07. The minimum Gasteiger partial charge on any atom is -0.326 e. The summed E-state index contributed by atoms with van der Waals surface area (Å²) in [5.74, 6) is -0.197. The van der Waals surface area contributed by atoms with Gasteiger partial charge in [0.15, 0.2) is 0 Å².